The molecule has 0 fully saturated rings. The van der Waals surface area contributed by atoms with Gasteiger partial charge < -0.3 is 0 Å². The third-order valence-corrected chi connectivity index (χ3v) is 3.59. The molecule has 4 rings (SSSR count). The fourth-order valence-corrected chi connectivity index (χ4v) is 2.60. The second-order valence-corrected chi connectivity index (χ2v) is 4.81. The summed E-state index contributed by atoms with van der Waals surface area (Å²) in [5, 5.41) is 1.89. The van der Waals surface area contributed by atoms with Gasteiger partial charge in [-0.3, -0.25) is 9.59 Å². The molecular weight excluding hydrogens is 250 g/mol. The number of fused-ring (bicyclic) bond motifs is 4. The molecule has 1 heterocycles. The van der Waals surface area contributed by atoms with Crippen molar-refractivity contribution in [2.45, 2.75) is 0 Å². The first-order valence-electron chi connectivity index (χ1n) is 6.33. The summed E-state index contributed by atoms with van der Waals surface area (Å²) in [6.45, 7) is 0. The Balaban J connectivity index is 2.18. The SMILES string of the molecule is O=C1C=Cc2ccc3cc4ccccc4nc3c2C1=O. The number of rotatable bonds is 0. The predicted molar refractivity (Wildman–Crippen MR) is 77.6 cm³/mol. The van der Waals surface area contributed by atoms with Gasteiger partial charge in [-0.2, -0.15) is 0 Å². The van der Waals surface area contributed by atoms with Crippen molar-refractivity contribution in [1.82, 2.24) is 4.98 Å². The fraction of sp³-hybridized carbons (Fsp3) is 0. The Bertz CT molecular complexity index is 938. The second kappa shape index (κ2) is 3.84. The number of aromatic nitrogens is 1. The highest BCUT2D eigenvalue weighted by molar-refractivity contribution is 6.51. The summed E-state index contributed by atoms with van der Waals surface area (Å²) in [5.41, 5.74) is 2.60. The van der Waals surface area contributed by atoms with E-state index in [0.29, 0.717) is 11.1 Å². The zero-order valence-corrected chi connectivity index (χ0v) is 10.5. The van der Waals surface area contributed by atoms with Gasteiger partial charge >= 0.3 is 0 Å². The zero-order valence-electron chi connectivity index (χ0n) is 10.5. The van der Waals surface area contributed by atoms with Crippen LogP contribution in [0, 0.1) is 0 Å². The smallest absolute Gasteiger partial charge is 0.235 e. The molecule has 3 heteroatoms. The number of hydrogen-bond donors (Lipinski definition) is 0. The first-order chi connectivity index (χ1) is 9.74. The lowest BCUT2D eigenvalue weighted by atomic mass is 9.92. The largest absolute Gasteiger partial charge is 0.286 e. The maximum atomic E-state index is 12.1. The quantitative estimate of drug-likeness (QED) is 0.460. The summed E-state index contributed by atoms with van der Waals surface area (Å²) >= 11 is 0. The molecule has 0 radical (unpaired) electrons. The van der Waals surface area contributed by atoms with E-state index in [-0.39, 0.29) is 0 Å². The number of para-hydroxylation sites is 1. The Labute approximate surface area is 114 Å². The molecule has 0 aliphatic heterocycles. The Hall–Kier alpha value is -2.81. The minimum absolute atomic E-state index is 0.417. The molecule has 1 aliphatic rings. The van der Waals surface area contributed by atoms with Gasteiger partial charge in [0.2, 0.25) is 11.6 Å². The molecular formula is C17H9NO2. The number of ketones is 2. The summed E-state index contributed by atoms with van der Waals surface area (Å²) in [6.07, 6.45) is 2.99. The summed E-state index contributed by atoms with van der Waals surface area (Å²) < 4.78 is 0. The molecule has 0 saturated heterocycles. The number of Topliss-reactive ketones (excluding diaryl/α,β-unsaturated/α-hetero) is 1. The van der Waals surface area contributed by atoms with E-state index < -0.39 is 11.6 Å². The van der Waals surface area contributed by atoms with Crippen LogP contribution in [0.2, 0.25) is 0 Å². The molecule has 0 unspecified atom stereocenters. The molecule has 94 valence electrons. The van der Waals surface area contributed by atoms with Crippen LogP contribution in [0.15, 0.2) is 48.5 Å². The van der Waals surface area contributed by atoms with E-state index in [1.165, 1.54) is 6.08 Å². The van der Waals surface area contributed by atoms with E-state index in [9.17, 15) is 9.59 Å². The van der Waals surface area contributed by atoms with Crippen molar-refractivity contribution in [3.8, 4) is 0 Å². The van der Waals surface area contributed by atoms with E-state index in [1.54, 1.807) is 6.08 Å². The number of benzene rings is 2. The van der Waals surface area contributed by atoms with Gasteiger partial charge in [0.15, 0.2) is 0 Å². The van der Waals surface area contributed by atoms with Crippen LogP contribution in [-0.2, 0) is 4.79 Å². The van der Waals surface area contributed by atoms with Crippen molar-refractivity contribution in [3.63, 3.8) is 0 Å². The van der Waals surface area contributed by atoms with Crippen LogP contribution < -0.4 is 0 Å². The van der Waals surface area contributed by atoms with Crippen LogP contribution in [0.1, 0.15) is 15.9 Å². The first kappa shape index (κ1) is 11.1. The van der Waals surface area contributed by atoms with E-state index in [1.807, 2.05) is 42.5 Å². The minimum atomic E-state index is -0.486. The number of carbonyl (C=O) groups excluding carboxylic acids is 2. The predicted octanol–water partition coefficient (Wildman–Crippen LogP) is 3.17. The van der Waals surface area contributed by atoms with Gasteiger partial charge in [-0.1, -0.05) is 36.4 Å². The summed E-state index contributed by atoms with van der Waals surface area (Å²) in [4.78, 5) is 28.3. The van der Waals surface area contributed by atoms with Crippen molar-refractivity contribution in [2.24, 2.45) is 0 Å². The lowest BCUT2D eigenvalue weighted by molar-refractivity contribution is -0.110. The van der Waals surface area contributed by atoms with Gasteiger partial charge in [0.25, 0.3) is 0 Å². The van der Waals surface area contributed by atoms with Crippen LogP contribution in [0.25, 0.3) is 27.9 Å². The monoisotopic (exact) mass is 259 g/mol. The fourth-order valence-electron chi connectivity index (χ4n) is 2.60. The maximum absolute atomic E-state index is 12.1. The first-order valence-corrected chi connectivity index (χ1v) is 6.33. The molecule has 0 atom stereocenters. The van der Waals surface area contributed by atoms with Gasteiger partial charge in [-0.15, -0.1) is 0 Å². The van der Waals surface area contributed by atoms with E-state index in [0.717, 1.165) is 21.9 Å². The van der Waals surface area contributed by atoms with Crippen molar-refractivity contribution in [2.75, 3.05) is 0 Å². The molecule has 3 nitrogen and oxygen atoms in total. The molecule has 2 aromatic carbocycles. The number of pyridine rings is 1. The average molecular weight is 259 g/mol. The Kier molecular flexibility index (Phi) is 2.12. The van der Waals surface area contributed by atoms with Crippen LogP contribution in [0.5, 0.6) is 0 Å². The van der Waals surface area contributed by atoms with Gasteiger partial charge in [0.1, 0.15) is 0 Å². The van der Waals surface area contributed by atoms with Crippen molar-refractivity contribution in [3.05, 3.63) is 59.7 Å². The third kappa shape index (κ3) is 1.43. The molecule has 3 aromatic rings. The highest BCUT2D eigenvalue weighted by atomic mass is 16.2. The van der Waals surface area contributed by atoms with Gasteiger partial charge in [0, 0.05) is 10.8 Å². The lowest BCUT2D eigenvalue weighted by Crippen LogP contribution is -2.17. The molecule has 0 bridgehead atoms. The van der Waals surface area contributed by atoms with Crippen LogP contribution in [0.4, 0.5) is 0 Å². The van der Waals surface area contributed by atoms with Gasteiger partial charge in [0.05, 0.1) is 16.6 Å². The Morgan fingerprint density at radius 3 is 2.60 bits per heavy atom. The van der Waals surface area contributed by atoms with Gasteiger partial charge in [-0.25, -0.2) is 4.98 Å². The van der Waals surface area contributed by atoms with E-state index >= 15 is 0 Å². The summed E-state index contributed by atoms with van der Waals surface area (Å²) in [6, 6.07) is 13.5. The third-order valence-electron chi connectivity index (χ3n) is 3.59. The van der Waals surface area contributed by atoms with Crippen LogP contribution in [0.3, 0.4) is 0 Å². The lowest BCUT2D eigenvalue weighted by Gasteiger charge is -2.11. The number of hydrogen-bond acceptors (Lipinski definition) is 3. The average Bonchev–Trinajstić information content (AvgIpc) is 2.48. The second-order valence-electron chi connectivity index (χ2n) is 4.81. The van der Waals surface area contributed by atoms with Crippen molar-refractivity contribution in [1.29, 1.82) is 0 Å². The topological polar surface area (TPSA) is 47.0 Å². The Morgan fingerprint density at radius 2 is 1.70 bits per heavy atom. The molecule has 0 saturated carbocycles. The zero-order chi connectivity index (χ0) is 13.7. The summed E-state index contributed by atoms with van der Waals surface area (Å²) in [7, 11) is 0. The van der Waals surface area contributed by atoms with Crippen LogP contribution in [-0.4, -0.2) is 16.6 Å². The number of nitrogens with zero attached hydrogens (tertiary/aromatic N) is 1. The van der Waals surface area contributed by atoms with E-state index in [2.05, 4.69) is 4.98 Å². The van der Waals surface area contributed by atoms with E-state index in [4.69, 9.17) is 0 Å². The molecule has 20 heavy (non-hydrogen) atoms. The molecule has 1 aromatic heterocycles. The standard InChI is InChI=1S/C17H9NO2/c19-14-8-7-10-5-6-12-9-11-3-1-2-4-13(11)18-16(12)15(10)17(14)20/h1-9H. The molecule has 0 N–H and O–H groups in total. The highest BCUT2D eigenvalue weighted by Crippen LogP contribution is 2.28. The highest BCUT2D eigenvalue weighted by Gasteiger charge is 2.24. The normalized spacial score (nSPS) is 14.0. The minimum Gasteiger partial charge on any atom is -0.286 e. The Morgan fingerprint density at radius 1 is 0.850 bits per heavy atom. The number of allylic oxidation sites excluding steroid dienone is 1. The number of carbonyl (C=O) groups is 2. The van der Waals surface area contributed by atoms with Gasteiger partial charge in [-0.05, 0) is 23.8 Å². The molecule has 1 aliphatic carbocycles. The van der Waals surface area contributed by atoms with Crippen LogP contribution >= 0.6 is 0 Å². The maximum Gasteiger partial charge on any atom is 0.235 e. The van der Waals surface area contributed by atoms with Crippen molar-refractivity contribution < 1.29 is 9.59 Å². The van der Waals surface area contributed by atoms with Crippen molar-refractivity contribution >= 4 is 39.4 Å². The summed E-state index contributed by atoms with van der Waals surface area (Å²) in [5.74, 6) is -0.962. The molecule has 0 spiro atoms. The molecule has 0 amide bonds.